The number of hydrogen-bond donors (Lipinski definition) is 0. The molecule has 0 atom stereocenters. The number of hydrogen-bond acceptors (Lipinski definition) is 8. The Bertz CT molecular complexity index is 956. The van der Waals surface area contributed by atoms with Gasteiger partial charge in [0.05, 0.1) is 39.6 Å². The van der Waals surface area contributed by atoms with E-state index in [1.807, 2.05) is 35.7 Å². The van der Waals surface area contributed by atoms with Crippen molar-refractivity contribution in [3.05, 3.63) is 41.5 Å². The van der Waals surface area contributed by atoms with Crippen LogP contribution in [0.5, 0.6) is 28.7 Å². The Labute approximate surface area is 231 Å². The lowest BCUT2D eigenvalue weighted by molar-refractivity contribution is 0.325. The van der Waals surface area contributed by atoms with Crippen LogP contribution in [0.3, 0.4) is 0 Å². The SMILES string of the molecule is COc1ccc(CCN(C)CCCC2(c3cc(OC)c(OC)cc3OC)SCCCS2)cc1OC.Cl. The Morgan fingerprint density at radius 2 is 1.33 bits per heavy atom. The molecular weight excluding hydrogens is 518 g/mol. The predicted octanol–water partition coefficient (Wildman–Crippen LogP) is 6.13. The maximum Gasteiger partial charge on any atom is 0.164 e. The molecule has 6 nitrogen and oxygen atoms in total. The van der Waals surface area contributed by atoms with E-state index >= 15 is 0 Å². The standard InChI is InChI=1S/C27H39NO5S2.ClH/c1-28(14-11-20-9-10-22(29-2)24(17-20)31-4)13-7-12-27(34-15-8-16-35-27)21-18-25(32-5)26(33-6)19-23(21)30-3;/h9-10,17-19H,7-8,11-16H2,1-6H3;1H. The van der Waals surface area contributed by atoms with Crippen molar-refractivity contribution in [2.45, 2.75) is 29.8 Å². The van der Waals surface area contributed by atoms with E-state index < -0.39 is 0 Å². The quantitative estimate of drug-likeness (QED) is 0.291. The summed E-state index contributed by atoms with van der Waals surface area (Å²) >= 11 is 4.08. The molecule has 0 radical (unpaired) electrons. The molecule has 3 rings (SSSR count). The van der Waals surface area contributed by atoms with Crippen molar-refractivity contribution in [2.24, 2.45) is 0 Å². The van der Waals surface area contributed by atoms with Gasteiger partial charge in [0.15, 0.2) is 23.0 Å². The van der Waals surface area contributed by atoms with Crippen LogP contribution >= 0.6 is 35.9 Å². The fourth-order valence-corrected chi connectivity index (χ4v) is 7.85. The molecule has 0 spiro atoms. The molecule has 0 N–H and O–H groups in total. The van der Waals surface area contributed by atoms with Gasteiger partial charge in [0, 0.05) is 18.2 Å². The molecule has 0 amide bonds. The lowest BCUT2D eigenvalue weighted by Gasteiger charge is -2.38. The summed E-state index contributed by atoms with van der Waals surface area (Å²) < 4.78 is 27.7. The highest BCUT2D eigenvalue weighted by molar-refractivity contribution is 8.18. The molecule has 2 aromatic rings. The molecule has 1 aliphatic heterocycles. The van der Waals surface area contributed by atoms with Crippen LogP contribution in [0.25, 0.3) is 0 Å². The summed E-state index contributed by atoms with van der Waals surface area (Å²) in [5, 5.41) is 0. The van der Waals surface area contributed by atoms with E-state index in [1.54, 1.807) is 35.5 Å². The molecular formula is C27H40ClNO5S2. The summed E-state index contributed by atoms with van der Waals surface area (Å²) in [4.78, 5) is 2.41. The van der Waals surface area contributed by atoms with Crippen molar-refractivity contribution in [1.82, 2.24) is 4.90 Å². The van der Waals surface area contributed by atoms with Crippen molar-refractivity contribution in [3.63, 3.8) is 0 Å². The van der Waals surface area contributed by atoms with E-state index in [-0.39, 0.29) is 16.5 Å². The van der Waals surface area contributed by atoms with Gasteiger partial charge in [-0.3, -0.25) is 0 Å². The van der Waals surface area contributed by atoms with Gasteiger partial charge in [0.1, 0.15) is 5.75 Å². The lowest BCUT2D eigenvalue weighted by Crippen LogP contribution is -2.27. The highest BCUT2D eigenvalue weighted by Gasteiger charge is 2.38. The van der Waals surface area contributed by atoms with E-state index in [2.05, 4.69) is 30.1 Å². The van der Waals surface area contributed by atoms with Crippen LogP contribution in [0.2, 0.25) is 0 Å². The highest BCUT2D eigenvalue weighted by Crippen LogP contribution is 2.57. The Hall–Kier alpha value is -1.61. The largest absolute Gasteiger partial charge is 0.496 e. The van der Waals surface area contributed by atoms with Crippen molar-refractivity contribution in [3.8, 4) is 28.7 Å². The number of likely N-dealkylation sites (N-methyl/N-ethyl adjacent to an activating group) is 1. The van der Waals surface area contributed by atoms with Crippen LogP contribution < -0.4 is 23.7 Å². The molecule has 1 aliphatic rings. The van der Waals surface area contributed by atoms with E-state index in [1.165, 1.54) is 17.5 Å². The molecule has 36 heavy (non-hydrogen) atoms. The molecule has 0 aliphatic carbocycles. The number of ether oxygens (including phenoxy) is 5. The molecule has 0 unspecified atom stereocenters. The summed E-state index contributed by atoms with van der Waals surface area (Å²) in [5.41, 5.74) is 2.44. The van der Waals surface area contributed by atoms with E-state index in [4.69, 9.17) is 23.7 Å². The Kier molecular flexibility index (Phi) is 12.7. The summed E-state index contributed by atoms with van der Waals surface area (Å²) in [6.07, 6.45) is 4.36. The highest BCUT2D eigenvalue weighted by atomic mass is 35.5. The molecule has 2 aromatic carbocycles. The van der Waals surface area contributed by atoms with Gasteiger partial charge in [-0.05, 0) is 74.5 Å². The summed E-state index contributed by atoms with van der Waals surface area (Å²) in [7, 11) is 10.6. The van der Waals surface area contributed by atoms with Crippen molar-refractivity contribution in [2.75, 3.05) is 67.2 Å². The first-order chi connectivity index (χ1) is 17.0. The summed E-state index contributed by atoms with van der Waals surface area (Å²) in [6, 6.07) is 10.2. The monoisotopic (exact) mass is 557 g/mol. The third-order valence-corrected chi connectivity index (χ3v) is 9.82. The van der Waals surface area contributed by atoms with Gasteiger partial charge >= 0.3 is 0 Å². The number of thioether (sulfide) groups is 2. The molecule has 0 aromatic heterocycles. The fraction of sp³-hybridized carbons (Fsp3) is 0.556. The summed E-state index contributed by atoms with van der Waals surface area (Å²) in [6.45, 7) is 2.02. The third-order valence-electron chi connectivity index (χ3n) is 6.35. The topological polar surface area (TPSA) is 49.4 Å². The second-order valence-corrected chi connectivity index (χ2v) is 11.6. The minimum absolute atomic E-state index is 0. The summed E-state index contributed by atoms with van der Waals surface area (Å²) in [5.74, 6) is 6.17. The average molecular weight is 558 g/mol. The number of rotatable bonds is 13. The first-order valence-electron chi connectivity index (χ1n) is 12.0. The van der Waals surface area contributed by atoms with Gasteiger partial charge in [0.25, 0.3) is 0 Å². The first kappa shape index (κ1) is 30.6. The molecule has 0 saturated carbocycles. The fourth-order valence-electron chi connectivity index (χ4n) is 4.39. The van der Waals surface area contributed by atoms with Crippen LogP contribution in [0, 0.1) is 0 Å². The van der Waals surface area contributed by atoms with Crippen LogP contribution in [0.4, 0.5) is 0 Å². The average Bonchev–Trinajstić information content (AvgIpc) is 2.91. The molecule has 9 heteroatoms. The van der Waals surface area contributed by atoms with E-state index in [9.17, 15) is 0 Å². The van der Waals surface area contributed by atoms with Gasteiger partial charge < -0.3 is 28.6 Å². The molecule has 1 heterocycles. The number of halogens is 1. The Morgan fingerprint density at radius 3 is 1.94 bits per heavy atom. The van der Waals surface area contributed by atoms with Gasteiger partial charge in [-0.2, -0.15) is 0 Å². The number of nitrogens with zero attached hydrogens (tertiary/aromatic N) is 1. The van der Waals surface area contributed by atoms with Crippen molar-refractivity contribution < 1.29 is 23.7 Å². The van der Waals surface area contributed by atoms with Crippen LogP contribution in [0.1, 0.15) is 30.4 Å². The third kappa shape index (κ3) is 7.46. The Balaban J connectivity index is 0.00000456. The second-order valence-electron chi connectivity index (χ2n) is 8.56. The number of benzene rings is 2. The molecule has 1 saturated heterocycles. The molecule has 0 bridgehead atoms. The van der Waals surface area contributed by atoms with Gasteiger partial charge in [0.2, 0.25) is 0 Å². The maximum atomic E-state index is 5.82. The van der Waals surface area contributed by atoms with Crippen LogP contribution in [-0.2, 0) is 10.5 Å². The van der Waals surface area contributed by atoms with Crippen LogP contribution in [0.15, 0.2) is 30.3 Å². The molecule has 1 fully saturated rings. The van der Waals surface area contributed by atoms with Crippen molar-refractivity contribution >= 4 is 35.9 Å². The first-order valence-corrected chi connectivity index (χ1v) is 13.9. The zero-order valence-corrected chi connectivity index (χ0v) is 24.7. The smallest absolute Gasteiger partial charge is 0.164 e. The van der Waals surface area contributed by atoms with Gasteiger partial charge in [-0.15, -0.1) is 35.9 Å². The van der Waals surface area contributed by atoms with Crippen LogP contribution in [-0.4, -0.2) is 72.1 Å². The zero-order chi connectivity index (χ0) is 25.3. The lowest BCUT2D eigenvalue weighted by atomic mass is 10.0. The van der Waals surface area contributed by atoms with E-state index in [0.717, 1.165) is 66.9 Å². The molecule has 202 valence electrons. The normalized spacial score (nSPS) is 14.6. The minimum Gasteiger partial charge on any atom is -0.496 e. The van der Waals surface area contributed by atoms with E-state index in [0.29, 0.717) is 5.75 Å². The Morgan fingerprint density at radius 1 is 0.750 bits per heavy atom. The van der Waals surface area contributed by atoms with Gasteiger partial charge in [-0.1, -0.05) is 6.07 Å². The second kappa shape index (κ2) is 15.0. The minimum atomic E-state index is -0.0483. The predicted molar refractivity (Wildman–Crippen MR) is 155 cm³/mol. The van der Waals surface area contributed by atoms with Crippen molar-refractivity contribution in [1.29, 1.82) is 0 Å². The number of methoxy groups -OCH3 is 5. The zero-order valence-electron chi connectivity index (χ0n) is 22.3. The van der Waals surface area contributed by atoms with Gasteiger partial charge in [-0.25, -0.2) is 0 Å². The maximum absolute atomic E-state index is 5.82.